The molecular weight excluding hydrogens is 552 g/mol. The lowest BCUT2D eigenvalue weighted by molar-refractivity contribution is -0.278. The molecule has 0 bridgehead atoms. The van der Waals surface area contributed by atoms with Gasteiger partial charge in [-0.05, 0) is 47.1 Å². The number of carbonyl (C=O) groups excluding carboxylic acids is 1. The molecule has 2 aromatic carbocycles. The molecule has 5 nitrogen and oxygen atoms in total. The Balaban J connectivity index is 2.08. The molecule has 0 aliphatic heterocycles. The average Bonchev–Trinajstić information content (AvgIpc) is 3.25. The van der Waals surface area contributed by atoms with Crippen molar-refractivity contribution in [3.05, 3.63) is 59.2 Å². The minimum atomic E-state index is -5.79. The molecule has 0 heterocycles. The van der Waals surface area contributed by atoms with Crippen LogP contribution in [0, 0.1) is 0 Å². The summed E-state index contributed by atoms with van der Waals surface area (Å²) in [6.45, 7) is 4.57. The molecule has 2 unspecified atom stereocenters. The third-order valence-corrected chi connectivity index (χ3v) is 9.37. The first-order valence-electron chi connectivity index (χ1n) is 13.7. The van der Waals surface area contributed by atoms with Crippen LogP contribution in [0.25, 0.3) is 11.1 Å². The second-order valence-corrected chi connectivity index (χ2v) is 12.2. The molecule has 2 aromatic rings. The molecule has 3 rings (SSSR count). The first-order chi connectivity index (χ1) is 18.9. The van der Waals surface area contributed by atoms with Crippen molar-refractivity contribution < 1.29 is 40.4 Å². The lowest BCUT2D eigenvalue weighted by Crippen LogP contribution is -2.47. The number of rotatable bonds is 15. The summed E-state index contributed by atoms with van der Waals surface area (Å²) in [4.78, 5) is 13.2. The van der Waals surface area contributed by atoms with E-state index in [0.29, 0.717) is 53.5 Å². The van der Waals surface area contributed by atoms with Gasteiger partial charge in [0, 0.05) is 0 Å². The molecule has 1 amide bonds. The maximum atomic E-state index is 14.4. The van der Waals surface area contributed by atoms with Gasteiger partial charge in [-0.3, -0.25) is 9.36 Å². The van der Waals surface area contributed by atoms with E-state index in [0.717, 1.165) is 12.8 Å². The summed E-state index contributed by atoms with van der Waals surface area (Å²) in [5, 5.41) is 1.81. The van der Waals surface area contributed by atoms with Crippen LogP contribution in [0.15, 0.2) is 42.5 Å². The lowest BCUT2D eigenvalue weighted by Gasteiger charge is -2.29. The average molecular weight is 590 g/mol. The van der Waals surface area contributed by atoms with Crippen LogP contribution in [0.3, 0.4) is 0 Å². The molecule has 40 heavy (non-hydrogen) atoms. The summed E-state index contributed by atoms with van der Waals surface area (Å²) in [6, 6.07) is 12.0. The van der Waals surface area contributed by atoms with E-state index in [9.17, 15) is 31.3 Å². The second kappa shape index (κ2) is 13.6. The van der Waals surface area contributed by atoms with E-state index in [4.69, 9.17) is 9.05 Å². The molecule has 1 N–H and O–H groups in total. The fraction of sp³-hybridized carbons (Fsp3) is 0.552. The number of halogens is 5. The Morgan fingerprint density at radius 3 is 2.08 bits per heavy atom. The van der Waals surface area contributed by atoms with Gasteiger partial charge in [0.2, 0.25) is 5.91 Å². The van der Waals surface area contributed by atoms with Gasteiger partial charge in [-0.1, -0.05) is 82.5 Å². The zero-order valence-corrected chi connectivity index (χ0v) is 23.9. The summed E-state index contributed by atoms with van der Waals surface area (Å²) in [7, 11) is -3.69. The fourth-order valence-corrected chi connectivity index (χ4v) is 7.22. The van der Waals surface area contributed by atoms with Crippen LogP contribution in [-0.2, 0) is 18.4 Å². The summed E-state index contributed by atoms with van der Waals surface area (Å²) in [6.07, 6.45) is -1.60. The Hall–Kier alpha value is -2.29. The third-order valence-electron chi connectivity index (χ3n) is 6.98. The third kappa shape index (κ3) is 6.94. The molecule has 222 valence electrons. The zero-order valence-electron chi connectivity index (χ0n) is 23.0. The van der Waals surface area contributed by atoms with E-state index in [2.05, 4.69) is 0 Å². The monoisotopic (exact) mass is 589 g/mol. The SMILES string of the molecule is CCCCOP(=O)(OCCCC)C(CCC)c1cccc2c1-c1ccccc1C2C(=O)NCC(F)(F)C(F)(F)F. The number of fused-ring (bicyclic) bond motifs is 3. The van der Waals surface area contributed by atoms with Crippen LogP contribution in [0.2, 0.25) is 0 Å². The van der Waals surface area contributed by atoms with Gasteiger partial charge in [-0.2, -0.15) is 22.0 Å². The van der Waals surface area contributed by atoms with Gasteiger partial charge in [0.25, 0.3) is 0 Å². The number of alkyl halides is 5. The van der Waals surface area contributed by atoms with E-state index >= 15 is 0 Å². The smallest absolute Gasteiger partial charge is 0.349 e. The van der Waals surface area contributed by atoms with Crippen molar-refractivity contribution in [1.29, 1.82) is 0 Å². The highest BCUT2D eigenvalue weighted by atomic mass is 31.2. The van der Waals surface area contributed by atoms with Crippen LogP contribution in [0.4, 0.5) is 22.0 Å². The first-order valence-corrected chi connectivity index (χ1v) is 15.4. The van der Waals surface area contributed by atoms with Crippen molar-refractivity contribution in [2.45, 2.75) is 83.0 Å². The molecule has 0 radical (unpaired) electrons. The van der Waals surface area contributed by atoms with Crippen molar-refractivity contribution in [3.63, 3.8) is 0 Å². The number of nitrogens with one attached hydrogen (secondary N) is 1. The molecule has 0 fully saturated rings. The number of unbranched alkanes of at least 4 members (excludes halogenated alkanes) is 2. The van der Waals surface area contributed by atoms with Gasteiger partial charge in [0.15, 0.2) is 0 Å². The molecule has 0 aromatic heterocycles. The predicted molar refractivity (Wildman–Crippen MR) is 145 cm³/mol. The van der Waals surface area contributed by atoms with Crippen LogP contribution >= 0.6 is 7.60 Å². The first kappa shape index (κ1) is 32.2. The molecule has 0 saturated carbocycles. The molecule has 1 aliphatic carbocycles. The number of carbonyl (C=O) groups is 1. The van der Waals surface area contributed by atoms with Crippen molar-refractivity contribution in [2.24, 2.45) is 0 Å². The van der Waals surface area contributed by atoms with Crippen LogP contribution in [0.1, 0.15) is 87.6 Å². The maximum Gasteiger partial charge on any atom is 0.455 e. The second-order valence-electron chi connectivity index (χ2n) is 9.97. The van der Waals surface area contributed by atoms with E-state index in [-0.39, 0.29) is 13.2 Å². The summed E-state index contributed by atoms with van der Waals surface area (Å²) in [5.74, 6) is -7.16. The highest BCUT2D eigenvalue weighted by Crippen LogP contribution is 2.65. The van der Waals surface area contributed by atoms with Crippen LogP contribution in [-0.4, -0.2) is 37.8 Å². The molecule has 2 atom stereocenters. The maximum absolute atomic E-state index is 14.4. The molecule has 11 heteroatoms. The molecule has 1 aliphatic rings. The fourth-order valence-electron chi connectivity index (χ4n) is 4.89. The Morgan fingerprint density at radius 1 is 0.900 bits per heavy atom. The molecule has 0 spiro atoms. The van der Waals surface area contributed by atoms with Gasteiger partial charge < -0.3 is 14.4 Å². The number of hydrogen-bond acceptors (Lipinski definition) is 4. The highest BCUT2D eigenvalue weighted by molar-refractivity contribution is 7.54. The van der Waals surface area contributed by atoms with Gasteiger partial charge >= 0.3 is 19.7 Å². The van der Waals surface area contributed by atoms with Crippen LogP contribution < -0.4 is 5.32 Å². The minimum absolute atomic E-state index is 0.254. The van der Waals surface area contributed by atoms with Crippen molar-refractivity contribution in [1.82, 2.24) is 5.32 Å². The summed E-state index contributed by atoms with van der Waals surface area (Å²) in [5.41, 5.74) is 2.14. The highest BCUT2D eigenvalue weighted by Gasteiger charge is 2.57. The largest absolute Gasteiger partial charge is 0.455 e. The van der Waals surface area contributed by atoms with E-state index in [1.54, 1.807) is 42.5 Å². The van der Waals surface area contributed by atoms with E-state index in [1.165, 1.54) is 0 Å². The summed E-state index contributed by atoms with van der Waals surface area (Å²) >= 11 is 0. The van der Waals surface area contributed by atoms with E-state index < -0.39 is 43.7 Å². The van der Waals surface area contributed by atoms with Crippen molar-refractivity contribution in [2.75, 3.05) is 19.8 Å². The molecule has 0 saturated heterocycles. The Bertz CT molecular complexity index is 1190. The Labute approximate surface area is 232 Å². The van der Waals surface area contributed by atoms with E-state index in [1.807, 2.05) is 26.1 Å². The van der Waals surface area contributed by atoms with Gasteiger partial charge in [-0.15, -0.1) is 0 Å². The number of amides is 1. The quantitative estimate of drug-likeness (QED) is 0.128. The predicted octanol–water partition coefficient (Wildman–Crippen LogP) is 8.78. The van der Waals surface area contributed by atoms with Crippen molar-refractivity contribution in [3.8, 4) is 11.1 Å². The Morgan fingerprint density at radius 2 is 1.50 bits per heavy atom. The number of hydrogen-bond donors (Lipinski definition) is 1. The minimum Gasteiger partial charge on any atom is -0.349 e. The topological polar surface area (TPSA) is 64.6 Å². The van der Waals surface area contributed by atoms with Gasteiger partial charge in [-0.25, -0.2) is 0 Å². The Kier molecular flexibility index (Phi) is 10.9. The normalized spacial score (nSPS) is 15.9. The molecular formula is C29H37F5NO4P. The zero-order chi connectivity index (χ0) is 29.6. The standard InChI is InChI=1S/C29H37F5NO4P/c1-4-7-17-38-40(37,39-18-8-5-2)24(12-6-3)22-15-11-16-23-25(22)20-13-9-10-14-21(20)26(23)27(36)35-19-28(30,31)29(32,33)34/h9-11,13-16,24,26H,4-8,12,17-19H2,1-3H3,(H,35,36). The lowest BCUT2D eigenvalue weighted by atomic mass is 9.93. The van der Waals surface area contributed by atoms with Crippen molar-refractivity contribution >= 4 is 13.5 Å². The van der Waals surface area contributed by atoms with Gasteiger partial charge in [0.1, 0.15) is 0 Å². The number of benzene rings is 2. The van der Waals surface area contributed by atoms with Gasteiger partial charge in [0.05, 0.1) is 31.3 Å². The van der Waals surface area contributed by atoms with Crippen LogP contribution in [0.5, 0.6) is 0 Å². The summed E-state index contributed by atoms with van der Waals surface area (Å²) < 4.78 is 91.8.